The molecule has 1 aromatic carbocycles. The first-order chi connectivity index (χ1) is 14.6. The molecular formula is C20H26FN7O2. The van der Waals surface area contributed by atoms with Crippen LogP contribution in [0.2, 0.25) is 0 Å². The molecular weight excluding hydrogens is 389 g/mol. The average Bonchev–Trinajstić information content (AvgIpc) is 2.73. The number of ether oxygens (including phenoxy) is 1. The minimum absolute atomic E-state index is 0.186. The van der Waals surface area contributed by atoms with Crippen molar-refractivity contribution in [3.05, 3.63) is 36.3 Å². The van der Waals surface area contributed by atoms with Gasteiger partial charge in [-0.2, -0.15) is 4.98 Å². The second-order valence-corrected chi connectivity index (χ2v) is 7.23. The third-order valence-electron chi connectivity index (χ3n) is 5.16. The maximum absolute atomic E-state index is 13.9. The molecule has 10 heteroatoms. The zero-order chi connectivity index (χ0) is 20.9. The molecule has 2 aliphatic heterocycles. The summed E-state index contributed by atoms with van der Waals surface area (Å²) in [7, 11) is 0. The molecule has 2 aliphatic rings. The Bertz CT molecular complexity index is 868. The van der Waals surface area contributed by atoms with Gasteiger partial charge in [0.2, 0.25) is 5.95 Å². The first-order valence-electron chi connectivity index (χ1n) is 10.2. The van der Waals surface area contributed by atoms with E-state index in [0.29, 0.717) is 25.6 Å². The summed E-state index contributed by atoms with van der Waals surface area (Å²) < 4.78 is 19.0. The number of nitrogens with zero attached hydrogens (tertiary/aromatic N) is 4. The lowest BCUT2D eigenvalue weighted by atomic mass is 10.2. The normalized spacial score (nSPS) is 16.7. The van der Waals surface area contributed by atoms with Gasteiger partial charge in [0, 0.05) is 50.6 Å². The molecule has 0 spiro atoms. The SMILES string of the molecule is CCOC(=O)N1CCN(c2ccc(Nc3ncc(F)c(NC4CNC4)n3)cc2)CC1. The van der Waals surface area contributed by atoms with E-state index >= 15 is 0 Å². The molecule has 2 fully saturated rings. The summed E-state index contributed by atoms with van der Waals surface area (Å²) in [4.78, 5) is 24.0. The second-order valence-electron chi connectivity index (χ2n) is 7.23. The van der Waals surface area contributed by atoms with Gasteiger partial charge in [0.1, 0.15) is 0 Å². The fraction of sp³-hybridized carbons (Fsp3) is 0.450. The zero-order valence-electron chi connectivity index (χ0n) is 16.9. The molecule has 160 valence electrons. The summed E-state index contributed by atoms with van der Waals surface area (Å²) in [6.07, 6.45) is 0.916. The molecule has 3 heterocycles. The van der Waals surface area contributed by atoms with E-state index in [9.17, 15) is 9.18 Å². The Morgan fingerprint density at radius 1 is 1.23 bits per heavy atom. The molecule has 0 saturated carbocycles. The van der Waals surface area contributed by atoms with Gasteiger partial charge >= 0.3 is 6.09 Å². The molecule has 0 bridgehead atoms. The van der Waals surface area contributed by atoms with E-state index in [2.05, 4.69) is 30.8 Å². The smallest absolute Gasteiger partial charge is 0.409 e. The molecule has 4 rings (SSSR count). The van der Waals surface area contributed by atoms with Crippen LogP contribution in [0, 0.1) is 5.82 Å². The van der Waals surface area contributed by atoms with Crippen molar-refractivity contribution in [1.82, 2.24) is 20.2 Å². The van der Waals surface area contributed by atoms with Gasteiger partial charge in [-0.3, -0.25) is 0 Å². The maximum Gasteiger partial charge on any atom is 0.409 e. The number of aromatic nitrogens is 2. The van der Waals surface area contributed by atoms with Crippen LogP contribution >= 0.6 is 0 Å². The number of carbonyl (C=O) groups excluding carboxylic acids is 1. The Kier molecular flexibility index (Phi) is 6.12. The third-order valence-corrected chi connectivity index (χ3v) is 5.16. The highest BCUT2D eigenvalue weighted by Gasteiger charge is 2.22. The monoisotopic (exact) mass is 415 g/mol. The van der Waals surface area contributed by atoms with Crippen LogP contribution < -0.4 is 20.9 Å². The molecule has 0 aliphatic carbocycles. The summed E-state index contributed by atoms with van der Waals surface area (Å²) in [5.74, 6) is 0.0711. The molecule has 3 N–H and O–H groups in total. The average molecular weight is 415 g/mol. The zero-order valence-corrected chi connectivity index (χ0v) is 16.9. The molecule has 0 radical (unpaired) electrons. The quantitative estimate of drug-likeness (QED) is 0.660. The molecule has 1 amide bonds. The predicted octanol–water partition coefficient (Wildman–Crippen LogP) is 2.02. The van der Waals surface area contributed by atoms with Crippen LogP contribution in [0.4, 0.5) is 32.3 Å². The minimum Gasteiger partial charge on any atom is -0.450 e. The lowest BCUT2D eigenvalue weighted by Gasteiger charge is -2.35. The minimum atomic E-state index is -0.468. The van der Waals surface area contributed by atoms with Crippen molar-refractivity contribution in [3.8, 4) is 0 Å². The number of piperazine rings is 1. The summed E-state index contributed by atoms with van der Waals surface area (Å²) in [5.41, 5.74) is 1.88. The van der Waals surface area contributed by atoms with Gasteiger partial charge in [-0.05, 0) is 31.2 Å². The molecule has 0 atom stereocenters. The van der Waals surface area contributed by atoms with Gasteiger partial charge in [-0.25, -0.2) is 14.2 Å². The Morgan fingerprint density at radius 2 is 1.97 bits per heavy atom. The number of hydrogen-bond acceptors (Lipinski definition) is 8. The number of hydrogen-bond donors (Lipinski definition) is 3. The molecule has 9 nitrogen and oxygen atoms in total. The van der Waals surface area contributed by atoms with Crippen LogP contribution in [0.5, 0.6) is 0 Å². The number of benzene rings is 1. The molecule has 1 aromatic heterocycles. The Morgan fingerprint density at radius 3 is 2.60 bits per heavy atom. The van der Waals surface area contributed by atoms with E-state index in [1.807, 2.05) is 31.2 Å². The summed E-state index contributed by atoms with van der Waals surface area (Å²) >= 11 is 0. The standard InChI is InChI=1S/C20H26FN7O2/c1-2-30-20(29)28-9-7-27(8-10-28)16-5-3-14(4-6-16)25-19-23-13-17(21)18(26-19)24-15-11-22-12-15/h3-6,13,15,22H,2,7-12H2,1H3,(H2,23,24,25,26). The van der Waals surface area contributed by atoms with Crippen LogP contribution in [-0.4, -0.2) is 72.9 Å². The third kappa shape index (κ3) is 4.70. The number of anilines is 4. The van der Waals surface area contributed by atoms with Gasteiger partial charge in [0.05, 0.1) is 18.8 Å². The van der Waals surface area contributed by atoms with Crippen molar-refractivity contribution in [2.24, 2.45) is 0 Å². The van der Waals surface area contributed by atoms with Crippen LogP contribution in [0.15, 0.2) is 30.5 Å². The van der Waals surface area contributed by atoms with Crippen molar-refractivity contribution in [2.75, 3.05) is 61.4 Å². The van der Waals surface area contributed by atoms with Crippen LogP contribution in [0.25, 0.3) is 0 Å². The highest BCUT2D eigenvalue weighted by Crippen LogP contribution is 2.22. The highest BCUT2D eigenvalue weighted by molar-refractivity contribution is 5.68. The van der Waals surface area contributed by atoms with Crippen molar-refractivity contribution in [2.45, 2.75) is 13.0 Å². The molecule has 2 aromatic rings. The molecule has 30 heavy (non-hydrogen) atoms. The predicted molar refractivity (Wildman–Crippen MR) is 113 cm³/mol. The van der Waals surface area contributed by atoms with Gasteiger partial charge in [0.25, 0.3) is 0 Å². The Hall–Kier alpha value is -3.14. The van der Waals surface area contributed by atoms with Crippen molar-refractivity contribution < 1.29 is 13.9 Å². The second kappa shape index (κ2) is 9.12. The number of carbonyl (C=O) groups is 1. The van der Waals surface area contributed by atoms with Crippen molar-refractivity contribution in [1.29, 1.82) is 0 Å². The van der Waals surface area contributed by atoms with Crippen molar-refractivity contribution in [3.63, 3.8) is 0 Å². The fourth-order valence-electron chi connectivity index (χ4n) is 3.36. The van der Waals surface area contributed by atoms with E-state index in [1.54, 1.807) is 4.90 Å². The van der Waals surface area contributed by atoms with E-state index in [4.69, 9.17) is 4.74 Å². The van der Waals surface area contributed by atoms with Crippen LogP contribution in [0.3, 0.4) is 0 Å². The van der Waals surface area contributed by atoms with Crippen LogP contribution in [-0.2, 0) is 4.74 Å². The summed E-state index contributed by atoms with van der Waals surface area (Å²) in [5, 5.41) is 9.31. The first-order valence-corrected chi connectivity index (χ1v) is 10.2. The van der Waals surface area contributed by atoms with Gasteiger partial charge in [0.15, 0.2) is 11.6 Å². The fourth-order valence-corrected chi connectivity index (χ4v) is 3.36. The Balaban J connectivity index is 1.34. The van der Waals surface area contributed by atoms with E-state index in [-0.39, 0.29) is 18.0 Å². The Labute approximate surface area is 174 Å². The topological polar surface area (TPSA) is 94.7 Å². The lowest BCUT2D eigenvalue weighted by molar-refractivity contribution is 0.105. The number of amides is 1. The van der Waals surface area contributed by atoms with Crippen LogP contribution in [0.1, 0.15) is 6.92 Å². The van der Waals surface area contributed by atoms with Gasteiger partial charge in [-0.1, -0.05) is 0 Å². The highest BCUT2D eigenvalue weighted by atomic mass is 19.1. The molecule has 2 saturated heterocycles. The number of rotatable bonds is 6. The first kappa shape index (κ1) is 20.1. The van der Waals surface area contributed by atoms with Crippen molar-refractivity contribution >= 4 is 29.2 Å². The number of nitrogens with one attached hydrogen (secondary N) is 3. The van der Waals surface area contributed by atoms with E-state index in [1.165, 1.54) is 6.20 Å². The molecule has 0 unspecified atom stereocenters. The number of halogens is 1. The van der Waals surface area contributed by atoms with Gasteiger partial charge in [-0.15, -0.1) is 0 Å². The van der Waals surface area contributed by atoms with E-state index < -0.39 is 5.82 Å². The lowest BCUT2D eigenvalue weighted by Crippen LogP contribution is -2.51. The van der Waals surface area contributed by atoms with E-state index in [0.717, 1.165) is 37.6 Å². The summed E-state index contributed by atoms with van der Waals surface area (Å²) in [6, 6.07) is 8.06. The van der Waals surface area contributed by atoms with Gasteiger partial charge < -0.3 is 30.5 Å². The summed E-state index contributed by atoms with van der Waals surface area (Å²) in [6.45, 7) is 6.55. The maximum atomic E-state index is 13.9. The largest absolute Gasteiger partial charge is 0.450 e.